The summed E-state index contributed by atoms with van der Waals surface area (Å²) in [5.41, 5.74) is 3.92. The SMILES string of the molecule is COc1ccc(CN2C(=O)C(=O)c3ccc(-c4ccc(OC)cc4)cc32)cc1. The molecule has 5 nitrogen and oxygen atoms in total. The van der Waals surface area contributed by atoms with E-state index in [1.54, 1.807) is 20.3 Å². The zero-order valence-electron chi connectivity index (χ0n) is 15.6. The molecule has 0 spiro atoms. The Bertz CT molecular complexity index is 1040. The Hall–Kier alpha value is -3.60. The number of ketones is 1. The quantitative estimate of drug-likeness (QED) is 0.632. The molecule has 0 atom stereocenters. The zero-order chi connectivity index (χ0) is 19.7. The number of carbonyl (C=O) groups excluding carboxylic acids is 2. The topological polar surface area (TPSA) is 55.8 Å². The number of carbonyl (C=O) groups is 2. The van der Waals surface area contributed by atoms with Crippen molar-refractivity contribution in [3.05, 3.63) is 77.9 Å². The van der Waals surface area contributed by atoms with Gasteiger partial charge in [-0.25, -0.2) is 0 Å². The summed E-state index contributed by atoms with van der Waals surface area (Å²) in [4.78, 5) is 26.5. The molecule has 0 aromatic heterocycles. The number of benzene rings is 3. The second-order valence-corrected chi connectivity index (χ2v) is 6.53. The van der Waals surface area contributed by atoms with Crippen LogP contribution in [-0.2, 0) is 11.3 Å². The predicted octanol–water partition coefficient (Wildman–Crippen LogP) is 4.10. The van der Waals surface area contributed by atoms with Gasteiger partial charge >= 0.3 is 0 Å². The van der Waals surface area contributed by atoms with Crippen LogP contribution in [0.3, 0.4) is 0 Å². The molecule has 0 aliphatic carbocycles. The molecule has 0 radical (unpaired) electrons. The first-order valence-corrected chi connectivity index (χ1v) is 8.88. The Morgan fingerprint density at radius 2 is 1.32 bits per heavy atom. The van der Waals surface area contributed by atoms with Crippen molar-refractivity contribution in [2.24, 2.45) is 0 Å². The van der Waals surface area contributed by atoms with Crippen molar-refractivity contribution >= 4 is 17.4 Å². The van der Waals surface area contributed by atoms with Crippen molar-refractivity contribution in [2.75, 3.05) is 19.1 Å². The standard InChI is InChI=1S/C23H19NO4/c1-27-18-8-3-15(4-9-18)14-24-21-13-17(7-12-20(21)22(25)23(24)26)16-5-10-19(28-2)11-6-16/h3-13H,14H2,1-2H3. The molecule has 0 fully saturated rings. The van der Waals surface area contributed by atoms with E-state index in [0.29, 0.717) is 17.8 Å². The van der Waals surface area contributed by atoms with Gasteiger partial charge in [-0.2, -0.15) is 0 Å². The highest BCUT2D eigenvalue weighted by molar-refractivity contribution is 6.52. The number of ether oxygens (including phenoxy) is 2. The third kappa shape index (κ3) is 3.11. The van der Waals surface area contributed by atoms with Crippen LogP contribution in [0.1, 0.15) is 15.9 Å². The van der Waals surface area contributed by atoms with Crippen molar-refractivity contribution in [2.45, 2.75) is 6.54 Å². The molecule has 140 valence electrons. The molecular weight excluding hydrogens is 354 g/mol. The van der Waals surface area contributed by atoms with Gasteiger partial charge in [0, 0.05) is 0 Å². The highest BCUT2D eigenvalue weighted by Crippen LogP contribution is 2.35. The lowest BCUT2D eigenvalue weighted by Crippen LogP contribution is -2.29. The van der Waals surface area contributed by atoms with E-state index in [9.17, 15) is 9.59 Å². The van der Waals surface area contributed by atoms with Gasteiger partial charge < -0.3 is 14.4 Å². The van der Waals surface area contributed by atoms with Gasteiger partial charge in [0.15, 0.2) is 0 Å². The number of fused-ring (bicyclic) bond motifs is 1. The van der Waals surface area contributed by atoms with Gasteiger partial charge in [0.2, 0.25) is 0 Å². The third-order valence-corrected chi connectivity index (χ3v) is 4.90. The lowest BCUT2D eigenvalue weighted by molar-refractivity contribution is -0.114. The number of amides is 1. The Labute approximate surface area is 163 Å². The maximum absolute atomic E-state index is 12.6. The molecule has 1 heterocycles. The van der Waals surface area contributed by atoms with Crippen molar-refractivity contribution in [3.8, 4) is 22.6 Å². The first-order chi connectivity index (χ1) is 13.6. The van der Waals surface area contributed by atoms with E-state index in [1.807, 2.05) is 60.7 Å². The van der Waals surface area contributed by atoms with Crippen molar-refractivity contribution < 1.29 is 19.1 Å². The number of rotatable bonds is 5. The van der Waals surface area contributed by atoms with Gasteiger partial charge in [-0.05, 0) is 53.1 Å². The van der Waals surface area contributed by atoms with E-state index < -0.39 is 11.7 Å². The van der Waals surface area contributed by atoms with E-state index in [4.69, 9.17) is 9.47 Å². The highest BCUT2D eigenvalue weighted by atomic mass is 16.5. The predicted molar refractivity (Wildman–Crippen MR) is 107 cm³/mol. The van der Waals surface area contributed by atoms with Gasteiger partial charge in [0.05, 0.1) is 32.0 Å². The number of methoxy groups -OCH3 is 2. The molecular formula is C23H19NO4. The van der Waals surface area contributed by atoms with E-state index in [1.165, 1.54) is 4.90 Å². The molecule has 0 unspecified atom stereocenters. The molecule has 5 heteroatoms. The summed E-state index contributed by atoms with van der Waals surface area (Å²) >= 11 is 0. The van der Waals surface area contributed by atoms with Crippen LogP contribution in [0.4, 0.5) is 5.69 Å². The molecule has 0 N–H and O–H groups in total. The van der Waals surface area contributed by atoms with Crippen LogP contribution < -0.4 is 14.4 Å². The zero-order valence-corrected chi connectivity index (χ0v) is 15.6. The first-order valence-electron chi connectivity index (χ1n) is 8.88. The van der Waals surface area contributed by atoms with Gasteiger partial charge in [0.1, 0.15) is 11.5 Å². The minimum atomic E-state index is -0.502. The second kappa shape index (κ2) is 7.19. The molecule has 28 heavy (non-hydrogen) atoms. The van der Waals surface area contributed by atoms with Crippen LogP contribution in [0.5, 0.6) is 11.5 Å². The van der Waals surface area contributed by atoms with Gasteiger partial charge in [-0.3, -0.25) is 9.59 Å². The molecule has 3 aromatic carbocycles. The monoisotopic (exact) mass is 373 g/mol. The summed E-state index contributed by atoms with van der Waals surface area (Å²) in [6, 6.07) is 20.6. The average Bonchev–Trinajstić information content (AvgIpc) is 2.98. The lowest BCUT2D eigenvalue weighted by Gasteiger charge is -2.17. The smallest absolute Gasteiger partial charge is 0.299 e. The highest BCUT2D eigenvalue weighted by Gasteiger charge is 2.35. The van der Waals surface area contributed by atoms with Crippen LogP contribution in [-0.4, -0.2) is 25.9 Å². The molecule has 1 amide bonds. The number of nitrogens with zero attached hydrogens (tertiary/aromatic N) is 1. The van der Waals surface area contributed by atoms with Crippen molar-refractivity contribution in [1.29, 1.82) is 0 Å². The van der Waals surface area contributed by atoms with Crippen LogP contribution >= 0.6 is 0 Å². The molecule has 0 saturated heterocycles. The Kier molecular flexibility index (Phi) is 4.57. The molecule has 3 aromatic rings. The lowest BCUT2D eigenvalue weighted by atomic mass is 10.0. The molecule has 4 rings (SSSR count). The maximum Gasteiger partial charge on any atom is 0.299 e. The van der Waals surface area contributed by atoms with Crippen molar-refractivity contribution in [3.63, 3.8) is 0 Å². The van der Waals surface area contributed by atoms with Gasteiger partial charge in [-0.1, -0.05) is 30.3 Å². The van der Waals surface area contributed by atoms with E-state index in [2.05, 4.69) is 0 Å². The number of hydrogen-bond donors (Lipinski definition) is 0. The number of Topliss-reactive ketones (excluding diaryl/α,β-unsaturated/α-hetero) is 1. The Morgan fingerprint density at radius 3 is 1.93 bits per heavy atom. The van der Waals surface area contributed by atoms with Crippen LogP contribution in [0.2, 0.25) is 0 Å². The maximum atomic E-state index is 12.6. The van der Waals surface area contributed by atoms with E-state index in [0.717, 1.165) is 28.2 Å². The second-order valence-electron chi connectivity index (χ2n) is 6.53. The summed E-state index contributed by atoms with van der Waals surface area (Å²) < 4.78 is 10.4. The van der Waals surface area contributed by atoms with E-state index >= 15 is 0 Å². The summed E-state index contributed by atoms with van der Waals surface area (Å²) in [7, 11) is 3.23. The molecule has 0 bridgehead atoms. The Balaban J connectivity index is 1.68. The minimum absolute atomic E-state index is 0.327. The summed E-state index contributed by atoms with van der Waals surface area (Å²) in [5, 5.41) is 0. The normalized spacial score (nSPS) is 12.9. The first kappa shape index (κ1) is 17.8. The fourth-order valence-corrected chi connectivity index (χ4v) is 3.33. The average molecular weight is 373 g/mol. The molecule has 1 aliphatic rings. The summed E-state index contributed by atoms with van der Waals surface area (Å²) in [6.45, 7) is 0.327. The fraction of sp³-hybridized carbons (Fsp3) is 0.130. The largest absolute Gasteiger partial charge is 0.497 e. The van der Waals surface area contributed by atoms with Gasteiger partial charge in [-0.15, -0.1) is 0 Å². The minimum Gasteiger partial charge on any atom is -0.497 e. The van der Waals surface area contributed by atoms with Crippen LogP contribution in [0.25, 0.3) is 11.1 Å². The van der Waals surface area contributed by atoms with Gasteiger partial charge in [0.25, 0.3) is 11.7 Å². The summed E-state index contributed by atoms with van der Waals surface area (Å²) in [5.74, 6) is 0.550. The fourth-order valence-electron chi connectivity index (χ4n) is 3.33. The van der Waals surface area contributed by atoms with E-state index in [-0.39, 0.29) is 0 Å². The molecule has 0 saturated carbocycles. The van der Waals surface area contributed by atoms with Crippen LogP contribution in [0.15, 0.2) is 66.7 Å². The molecule has 1 aliphatic heterocycles. The van der Waals surface area contributed by atoms with Crippen LogP contribution in [0, 0.1) is 0 Å². The Morgan fingerprint density at radius 1 is 0.750 bits per heavy atom. The van der Waals surface area contributed by atoms with Crippen molar-refractivity contribution in [1.82, 2.24) is 0 Å². The summed E-state index contributed by atoms with van der Waals surface area (Å²) in [6.07, 6.45) is 0. The number of anilines is 1. The number of hydrogen-bond acceptors (Lipinski definition) is 4. The third-order valence-electron chi connectivity index (χ3n) is 4.90.